The summed E-state index contributed by atoms with van der Waals surface area (Å²) in [6.07, 6.45) is 9.54. The van der Waals surface area contributed by atoms with E-state index in [0.717, 1.165) is 38.3 Å². The van der Waals surface area contributed by atoms with E-state index in [1.807, 2.05) is 0 Å². The molecule has 1 saturated heterocycles. The summed E-state index contributed by atoms with van der Waals surface area (Å²) in [6, 6.07) is 0.865. The zero-order chi connectivity index (χ0) is 14.0. The number of nitrogens with zero attached hydrogens (tertiary/aromatic N) is 1. The molecule has 0 aromatic rings. The average Bonchev–Trinajstić information content (AvgIpc) is 3.24. The van der Waals surface area contributed by atoms with Gasteiger partial charge in [0.25, 0.3) is 0 Å². The van der Waals surface area contributed by atoms with Crippen molar-refractivity contribution in [2.75, 3.05) is 26.2 Å². The molecule has 0 radical (unpaired) electrons. The summed E-state index contributed by atoms with van der Waals surface area (Å²) in [4.78, 5) is 15.1. The van der Waals surface area contributed by atoms with Crippen LogP contribution in [0.15, 0.2) is 0 Å². The molecule has 1 atom stereocenters. The van der Waals surface area contributed by atoms with E-state index in [1.165, 1.54) is 38.8 Å². The van der Waals surface area contributed by atoms with Gasteiger partial charge < -0.3 is 16.0 Å². The first-order valence-electron chi connectivity index (χ1n) is 8.46. The van der Waals surface area contributed by atoms with Crippen molar-refractivity contribution in [2.45, 2.75) is 57.4 Å². The highest BCUT2D eigenvalue weighted by molar-refractivity contribution is 5.83. The van der Waals surface area contributed by atoms with Gasteiger partial charge in [-0.1, -0.05) is 19.3 Å². The van der Waals surface area contributed by atoms with E-state index in [1.54, 1.807) is 0 Å². The molecular formula is C16H29N3O. The minimum Gasteiger partial charge on any atom is -0.355 e. The van der Waals surface area contributed by atoms with Crippen molar-refractivity contribution in [1.29, 1.82) is 0 Å². The van der Waals surface area contributed by atoms with Gasteiger partial charge in [-0.2, -0.15) is 0 Å². The first-order valence-corrected chi connectivity index (χ1v) is 8.46. The number of nitrogens with two attached hydrogens (primary N) is 1. The lowest BCUT2D eigenvalue weighted by Gasteiger charge is -2.35. The van der Waals surface area contributed by atoms with Crippen LogP contribution in [0.25, 0.3) is 0 Å². The van der Waals surface area contributed by atoms with Gasteiger partial charge in [0.05, 0.1) is 5.41 Å². The van der Waals surface area contributed by atoms with Gasteiger partial charge in [-0.25, -0.2) is 0 Å². The third-order valence-corrected chi connectivity index (χ3v) is 5.61. The van der Waals surface area contributed by atoms with Crippen molar-refractivity contribution in [3.63, 3.8) is 0 Å². The van der Waals surface area contributed by atoms with Crippen LogP contribution in [0, 0.1) is 11.3 Å². The lowest BCUT2D eigenvalue weighted by atomic mass is 9.73. The molecular weight excluding hydrogens is 250 g/mol. The Morgan fingerprint density at radius 1 is 1.20 bits per heavy atom. The quantitative estimate of drug-likeness (QED) is 0.802. The third kappa shape index (κ3) is 3.01. The Kier molecular flexibility index (Phi) is 4.32. The van der Waals surface area contributed by atoms with Crippen LogP contribution in [0.3, 0.4) is 0 Å². The predicted molar refractivity (Wildman–Crippen MR) is 80.3 cm³/mol. The van der Waals surface area contributed by atoms with Gasteiger partial charge in [0, 0.05) is 25.7 Å². The van der Waals surface area contributed by atoms with E-state index in [2.05, 4.69) is 10.2 Å². The Hall–Kier alpha value is -0.610. The van der Waals surface area contributed by atoms with Crippen molar-refractivity contribution >= 4 is 5.91 Å². The van der Waals surface area contributed by atoms with Crippen molar-refractivity contribution < 1.29 is 4.79 Å². The Labute approximate surface area is 122 Å². The first-order chi connectivity index (χ1) is 9.73. The number of rotatable bonds is 5. The van der Waals surface area contributed by atoms with Crippen LogP contribution in [0.4, 0.5) is 0 Å². The molecule has 2 saturated carbocycles. The molecule has 4 heteroatoms. The fourth-order valence-electron chi connectivity index (χ4n) is 3.98. The molecule has 1 unspecified atom stereocenters. The molecule has 1 aliphatic heterocycles. The number of nitrogens with one attached hydrogen (secondary N) is 1. The number of likely N-dealkylation sites (tertiary alicyclic amines) is 1. The zero-order valence-electron chi connectivity index (χ0n) is 12.6. The molecule has 2 aliphatic carbocycles. The minimum atomic E-state index is -0.257. The molecule has 0 spiro atoms. The molecule has 20 heavy (non-hydrogen) atoms. The van der Waals surface area contributed by atoms with E-state index >= 15 is 0 Å². The second-order valence-electron chi connectivity index (χ2n) is 7.14. The second kappa shape index (κ2) is 6.02. The summed E-state index contributed by atoms with van der Waals surface area (Å²) in [5.41, 5.74) is 5.67. The van der Waals surface area contributed by atoms with Crippen LogP contribution in [0.1, 0.15) is 51.4 Å². The number of carbonyl (C=O) groups is 1. The highest BCUT2D eigenvalue weighted by Crippen LogP contribution is 2.36. The van der Waals surface area contributed by atoms with Crippen LogP contribution >= 0.6 is 0 Å². The lowest BCUT2D eigenvalue weighted by molar-refractivity contribution is -0.132. The summed E-state index contributed by atoms with van der Waals surface area (Å²) in [5.74, 6) is 0.877. The van der Waals surface area contributed by atoms with Gasteiger partial charge in [0.15, 0.2) is 0 Å². The van der Waals surface area contributed by atoms with Gasteiger partial charge in [-0.15, -0.1) is 0 Å². The molecule has 3 fully saturated rings. The molecule has 4 nitrogen and oxygen atoms in total. The predicted octanol–water partition coefficient (Wildman–Crippen LogP) is 1.50. The largest absolute Gasteiger partial charge is 0.355 e. The van der Waals surface area contributed by atoms with Crippen LogP contribution in [-0.2, 0) is 4.79 Å². The fraction of sp³-hybridized carbons (Fsp3) is 0.938. The van der Waals surface area contributed by atoms with Crippen molar-refractivity contribution in [2.24, 2.45) is 17.1 Å². The Morgan fingerprint density at radius 2 is 1.95 bits per heavy atom. The van der Waals surface area contributed by atoms with Gasteiger partial charge in [0.2, 0.25) is 5.91 Å². The monoisotopic (exact) mass is 279 g/mol. The Balaban J connectivity index is 1.46. The van der Waals surface area contributed by atoms with Crippen molar-refractivity contribution in [3.05, 3.63) is 0 Å². The van der Waals surface area contributed by atoms with E-state index < -0.39 is 0 Å². The maximum absolute atomic E-state index is 12.5. The van der Waals surface area contributed by atoms with Crippen molar-refractivity contribution in [3.8, 4) is 0 Å². The van der Waals surface area contributed by atoms with Gasteiger partial charge in [0.1, 0.15) is 0 Å². The van der Waals surface area contributed by atoms with E-state index in [-0.39, 0.29) is 11.3 Å². The summed E-state index contributed by atoms with van der Waals surface area (Å²) in [7, 11) is 0. The van der Waals surface area contributed by atoms with E-state index in [4.69, 9.17) is 5.73 Å². The molecule has 114 valence electrons. The minimum absolute atomic E-state index is 0.226. The summed E-state index contributed by atoms with van der Waals surface area (Å²) in [5, 5.41) is 3.22. The summed E-state index contributed by atoms with van der Waals surface area (Å²) >= 11 is 0. The second-order valence-corrected chi connectivity index (χ2v) is 7.14. The Bertz CT molecular complexity index is 348. The lowest BCUT2D eigenvalue weighted by Crippen LogP contribution is -2.48. The average molecular weight is 279 g/mol. The van der Waals surface area contributed by atoms with Crippen LogP contribution in [-0.4, -0.2) is 43.0 Å². The SMILES string of the molecule is NCC1(C(=O)NCC2CCN(C3CC3)C2)CCCCC1. The molecule has 1 heterocycles. The maximum Gasteiger partial charge on any atom is 0.227 e. The maximum atomic E-state index is 12.5. The number of hydrogen-bond donors (Lipinski definition) is 2. The molecule has 0 bridgehead atoms. The van der Waals surface area contributed by atoms with E-state index in [9.17, 15) is 4.79 Å². The third-order valence-electron chi connectivity index (χ3n) is 5.61. The molecule has 3 aliphatic rings. The van der Waals surface area contributed by atoms with E-state index in [0.29, 0.717) is 12.5 Å². The van der Waals surface area contributed by atoms with Gasteiger partial charge >= 0.3 is 0 Å². The van der Waals surface area contributed by atoms with Gasteiger partial charge in [-0.05, 0) is 44.6 Å². The standard InChI is InChI=1S/C16H29N3O/c17-12-16(7-2-1-3-8-16)15(20)18-10-13-6-9-19(11-13)14-4-5-14/h13-14H,1-12,17H2,(H,18,20). The molecule has 0 aromatic carbocycles. The highest BCUT2D eigenvalue weighted by Gasteiger charge is 2.39. The number of amides is 1. The zero-order valence-corrected chi connectivity index (χ0v) is 12.6. The molecule has 3 rings (SSSR count). The molecule has 1 amide bonds. The molecule has 3 N–H and O–H groups in total. The first kappa shape index (κ1) is 14.3. The fourth-order valence-corrected chi connectivity index (χ4v) is 3.98. The van der Waals surface area contributed by atoms with Crippen LogP contribution in [0.5, 0.6) is 0 Å². The number of hydrogen-bond acceptors (Lipinski definition) is 3. The van der Waals surface area contributed by atoms with Crippen LogP contribution in [0.2, 0.25) is 0 Å². The topological polar surface area (TPSA) is 58.4 Å². The highest BCUT2D eigenvalue weighted by atomic mass is 16.2. The van der Waals surface area contributed by atoms with Crippen molar-refractivity contribution in [1.82, 2.24) is 10.2 Å². The number of carbonyl (C=O) groups excluding carboxylic acids is 1. The smallest absolute Gasteiger partial charge is 0.227 e. The summed E-state index contributed by atoms with van der Waals surface area (Å²) < 4.78 is 0. The summed E-state index contributed by atoms with van der Waals surface area (Å²) in [6.45, 7) is 3.77. The van der Waals surface area contributed by atoms with Crippen LogP contribution < -0.4 is 11.1 Å². The normalized spacial score (nSPS) is 30.4. The molecule has 0 aromatic heterocycles. The Morgan fingerprint density at radius 3 is 2.60 bits per heavy atom. The van der Waals surface area contributed by atoms with Gasteiger partial charge in [-0.3, -0.25) is 4.79 Å².